The number of aliphatic hydroxyl groups excluding tert-OH is 1. The zero-order valence-corrected chi connectivity index (χ0v) is 10.8. The van der Waals surface area contributed by atoms with Gasteiger partial charge in [0.15, 0.2) is 0 Å². The maximum atomic E-state index is 11.8. The molecule has 1 aromatic heterocycles. The highest BCUT2D eigenvalue weighted by Crippen LogP contribution is 2.24. The number of aliphatic hydroxyl groups is 1. The summed E-state index contributed by atoms with van der Waals surface area (Å²) in [7, 11) is 0. The van der Waals surface area contributed by atoms with Crippen LogP contribution >= 0.6 is 11.3 Å². The van der Waals surface area contributed by atoms with E-state index in [0.717, 1.165) is 16.3 Å². The number of aromatic nitrogens is 1. The van der Waals surface area contributed by atoms with Crippen molar-refractivity contribution in [1.29, 1.82) is 0 Å². The fraction of sp³-hybridized carbons (Fsp3) is 0.231. The van der Waals surface area contributed by atoms with E-state index in [9.17, 15) is 4.79 Å². The SMILES string of the molecule is Cc1csc(-c2cccc(C(=O)NCCO)c2)n1. The molecule has 0 spiro atoms. The first-order valence-corrected chi connectivity index (χ1v) is 6.50. The molecule has 2 aromatic rings. The Balaban J connectivity index is 2.22. The summed E-state index contributed by atoms with van der Waals surface area (Å²) < 4.78 is 0. The number of hydrogen-bond donors (Lipinski definition) is 2. The second-order valence-electron chi connectivity index (χ2n) is 3.85. The van der Waals surface area contributed by atoms with Gasteiger partial charge in [0.05, 0.1) is 6.61 Å². The Morgan fingerprint density at radius 1 is 1.50 bits per heavy atom. The molecule has 5 heteroatoms. The quantitative estimate of drug-likeness (QED) is 0.883. The summed E-state index contributed by atoms with van der Waals surface area (Å²) in [6.45, 7) is 2.15. The summed E-state index contributed by atoms with van der Waals surface area (Å²) in [5.74, 6) is -0.181. The molecular formula is C13H14N2O2S. The van der Waals surface area contributed by atoms with E-state index in [1.54, 1.807) is 17.4 Å². The van der Waals surface area contributed by atoms with Crippen LogP contribution in [-0.4, -0.2) is 29.1 Å². The van der Waals surface area contributed by atoms with E-state index in [4.69, 9.17) is 5.11 Å². The Bertz CT molecular complexity index is 551. The predicted octanol–water partition coefficient (Wildman–Crippen LogP) is 1.84. The van der Waals surface area contributed by atoms with E-state index < -0.39 is 0 Å². The molecule has 0 aliphatic heterocycles. The molecule has 94 valence electrons. The molecule has 0 atom stereocenters. The number of carbonyl (C=O) groups excluding carboxylic acids is 1. The van der Waals surface area contributed by atoms with Crippen LogP contribution in [-0.2, 0) is 0 Å². The van der Waals surface area contributed by atoms with Crippen molar-refractivity contribution in [2.24, 2.45) is 0 Å². The van der Waals surface area contributed by atoms with Gasteiger partial charge in [0, 0.05) is 28.7 Å². The van der Waals surface area contributed by atoms with E-state index in [0.29, 0.717) is 5.56 Å². The van der Waals surface area contributed by atoms with Crippen molar-refractivity contribution in [2.75, 3.05) is 13.2 Å². The van der Waals surface area contributed by atoms with E-state index in [1.165, 1.54) is 0 Å². The second-order valence-corrected chi connectivity index (χ2v) is 4.71. The van der Waals surface area contributed by atoms with Crippen molar-refractivity contribution in [3.8, 4) is 10.6 Å². The van der Waals surface area contributed by atoms with Crippen LogP contribution in [0, 0.1) is 6.92 Å². The third-order valence-electron chi connectivity index (χ3n) is 2.39. The Hall–Kier alpha value is -1.72. The second kappa shape index (κ2) is 5.75. The summed E-state index contributed by atoms with van der Waals surface area (Å²) in [4.78, 5) is 16.1. The van der Waals surface area contributed by atoms with Crippen molar-refractivity contribution in [1.82, 2.24) is 10.3 Å². The topological polar surface area (TPSA) is 62.2 Å². The zero-order valence-electron chi connectivity index (χ0n) is 10.0. The number of carbonyl (C=O) groups is 1. The van der Waals surface area contributed by atoms with E-state index in [-0.39, 0.29) is 19.1 Å². The number of hydrogen-bond acceptors (Lipinski definition) is 4. The summed E-state index contributed by atoms with van der Waals surface area (Å²) in [5.41, 5.74) is 2.49. The molecule has 0 saturated heterocycles. The van der Waals surface area contributed by atoms with E-state index >= 15 is 0 Å². The first-order chi connectivity index (χ1) is 8.70. The number of rotatable bonds is 4. The number of nitrogens with one attached hydrogen (secondary N) is 1. The van der Waals surface area contributed by atoms with Crippen LogP contribution in [0.5, 0.6) is 0 Å². The van der Waals surface area contributed by atoms with Crippen molar-refractivity contribution in [2.45, 2.75) is 6.92 Å². The third-order valence-corrected chi connectivity index (χ3v) is 3.40. The van der Waals surface area contributed by atoms with Crippen molar-refractivity contribution < 1.29 is 9.90 Å². The number of amides is 1. The lowest BCUT2D eigenvalue weighted by Gasteiger charge is -2.04. The highest BCUT2D eigenvalue weighted by atomic mass is 32.1. The van der Waals surface area contributed by atoms with Crippen LogP contribution in [0.4, 0.5) is 0 Å². The molecule has 0 radical (unpaired) electrons. The molecule has 2 N–H and O–H groups in total. The fourth-order valence-electron chi connectivity index (χ4n) is 1.55. The van der Waals surface area contributed by atoms with E-state index in [1.807, 2.05) is 30.5 Å². The predicted molar refractivity (Wildman–Crippen MR) is 71.7 cm³/mol. The molecule has 0 unspecified atom stereocenters. The first-order valence-electron chi connectivity index (χ1n) is 5.62. The van der Waals surface area contributed by atoms with E-state index in [2.05, 4.69) is 10.3 Å². The summed E-state index contributed by atoms with van der Waals surface area (Å²) >= 11 is 1.56. The standard InChI is InChI=1S/C13H14N2O2S/c1-9-8-18-13(15-9)11-4-2-3-10(7-11)12(17)14-5-6-16/h2-4,7-8,16H,5-6H2,1H3,(H,14,17). The lowest BCUT2D eigenvalue weighted by atomic mass is 10.1. The highest BCUT2D eigenvalue weighted by Gasteiger charge is 2.08. The summed E-state index contributed by atoms with van der Waals surface area (Å²) in [5, 5.41) is 14.2. The minimum Gasteiger partial charge on any atom is -0.395 e. The molecule has 1 amide bonds. The van der Waals surface area contributed by atoms with Gasteiger partial charge in [-0.3, -0.25) is 4.79 Å². The van der Waals surface area contributed by atoms with Crippen molar-refractivity contribution >= 4 is 17.2 Å². The minimum atomic E-state index is -0.181. The molecule has 0 aliphatic carbocycles. The monoisotopic (exact) mass is 262 g/mol. The minimum absolute atomic E-state index is 0.0584. The van der Waals surface area contributed by atoms with Crippen molar-refractivity contribution in [3.05, 3.63) is 40.9 Å². The van der Waals surface area contributed by atoms with Crippen LogP contribution in [0.3, 0.4) is 0 Å². The molecule has 0 bridgehead atoms. The number of thiazole rings is 1. The van der Waals surface area contributed by atoms with Crippen LogP contribution in [0.25, 0.3) is 10.6 Å². The maximum absolute atomic E-state index is 11.8. The van der Waals surface area contributed by atoms with Gasteiger partial charge >= 0.3 is 0 Å². The Kier molecular flexibility index (Phi) is 4.07. The largest absolute Gasteiger partial charge is 0.395 e. The molecule has 1 heterocycles. The van der Waals surface area contributed by atoms with Crippen LogP contribution in [0.2, 0.25) is 0 Å². The third kappa shape index (κ3) is 2.94. The molecule has 18 heavy (non-hydrogen) atoms. The lowest BCUT2D eigenvalue weighted by molar-refractivity contribution is 0.0945. The van der Waals surface area contributed by atoms with Crippen LogP contribution in [0.15, 0.2) is 29.6 Å². The van der Waals surface area contributed by atoms with Crippen LogP contribution in [0.1, 0.15) is 16.1 Å². The van der Waals surface area contributed by atoms with Gasteiger partial charge in [0.1, 0.15) is 5.01 Å². The summed E-state index contributed by atoms with van der Waals surface area (Å²) in [6, 6.07) is 7.32. The zero-order chi connectivity index (χ0) is 13.0. The van der Waals surface area contributed by atoms with Crippen molar-refractivity contribution in [3.63, 3.8) is 0 Å². The molecule has 0 fully saturated rings. The molecule has 0 aliphatic rings. The molecule has 2 rings (SSSR count). The highest BCUT2D eigenvalue weighted by molar-refractivity contribution is 7.13. The van der Waals surface area contributed by atoms with Gasteiger partial charge in [-0.25, -0.2) is 4.98 Å². The number of nitrogens with zero attached hydrogens (tertiary/aromatic N) is 1. The molecular weight excluding hydrogens is 248 g/mol. The van der Waals surface area contributed by atoms with Gasteiger partial charge < -0.3 is 10.4 Å². The molecule has 4 nitrogen and oxygen atoms in total. The smallest absolute Gasteiger partial charge is 0.251 e. The number of benzene rings is 1. The molecule has 0 saturated carbocycles. The fourth-order valence-corrected chi connectivity index (χ4v) is 2.35. The average molecular weight is 262 g/mol. The number of aryl methyl sites for hydroxylation is 1. The van der Waals surface area contributed by atoms with Gasteiger partial charge in [0.25, 0.3) is 5.91 Å². The van der Waals surface area contributed by atoms with Gasteiger partial charge in [-0.05, 0) is 19.1 Å². The Labute approximate surface area is 109 Å². The normalized spacial score (nSPS) is 10.3. The molecule has 1 aromatic carbocycles. The van der Waals surface area contributed by atoms with Crippen LogP contribution < -0.4 is 5.32 Å². The van der Waals surface area contributed by atoms with Gasteiger partial charge in [-0.2, -0.15) is 0 Å². The van der Waals surface area contributed by atoms with Gasteiger partial charge in [-0.1, -0.05) is 12.1 Å². The summed E-state index contributed by atoms with van der Waals surface area (Å²) in [6.07, 6.45) is 0. The van der Waals surface area contributed by atoms with Gasteiger partial charge in [-0.15, -0.1) is 11.3 Å². The first kappa shape index (κ1) is 12.7. The average Bonchev–Trinajstić information content (AvgIpc) is 2.83. The maximum Gasteiger partial charge on any atom is 0.251 e. The Morgan fingerprint density at radius 3 is 3.00 bits per heavy atom. The Morgan fingerprint density at radius 2 is 2.33 bits per heavy atom. The van der Waals surface area contributed by atoms with Gasteiger partial charge in [0.2, 0.25) is 0 Å². The lowest BCUT2D eigenvalue weighted by Crippen LogP contribution is -2.26.